The van der Waals surface area contributed by atoms with Crippen LogP contribution in [0.15, 0.2) is 42.5 Å². The molecule has 30 heavy (non-hydrogen) atoms. The fraction of sp³-hybridized carbons (Fsp3) is 0.400. The third kappa shape index (κ3) is 6.57. The first-order valence-corrected chi connectivity index (χ1v) is 8.93. The molecule has 5 nitrogen and oxygen atoms in total. The van der Waals surface area contributed by atoms with Gasteiger partial charge < -0.3 is 19.5 Å². The lowest BCUT2D eigenvalue weighted by atomic mass is 9.95. The molecule has 1 aliphatic heterocycles. The van der Waals surface area contributed by atoms with Gasteiger partial charge in [-0.2, -0.15) is 0 Å². The molecule has 1 fully saturated rings. The Labute approximate surface area is 186 Å². The van der Waals surface area contributed by atoms with Crippen molar-refractivity contribution in [3.05, 3.63) is 53.6 Å². The largest absolute Gasteiger partial charge is 0.573 e. The fourth-order valence-electron chi connectivity index (χ4n) is 3.42. The van der Waals surface area contributed by atoms with Crippen molar-refractivity contribution in [1.29, 1.82) is 0 Å². The minimum atomic E-state index is -4.71. The summed E-state index contributed by atoms with van der Waals surface area (Å²) in [5.74, 6) is 1.10. The van der Waals surface area contributed by atoms with Gasteiger partial charge in [0.25, 0.3) is 0 Å². The van der Waals surface area contributed by atoms with Crippen LogP contribution in [-0.2, 0) is 0 Å². The third-order valence-corrected chi connectivity index (χ3v) is 4.68. The van der Waals surface area contributed by atoms with Crippen molar-refractivity contribution in [3.8, 4) is 17.2 Å². The van der Waals surface area contributed by atoms with Gasteiger partial charge in [0.05, 0.1) is 20.3 Å². The SMILES string of the molecule is COc1ccc([C@H](c2ccc(OC(F)(F)F)cc2)N2CCNCC2)c(OC)c1.Cl.Cl. The maximum Gasteiger partial charge on any atom is 0.573 e. The Morgan fingerprint density at radius 2 is 1.50 bits per heavy atom. The topological polar surface area (TPSA) is 43.0 Å². The van der Waals surface area contributed by atoms with E-state index in [2.05, 4.69) is 15.0 Å². The number of halogens is 5. The summed E-state index contributed by atoms with van der Waals surface area (Å²) in [7, 11) is 3.18. The molecule has 1 N–H and O–H groups in total. The average molecular weight is 469 g/mol. The highest BCUT2D eigenvalue weighted by molar-refractivity contribution is 5.85. The summed E-state index contributed by atoms with van der Waals surface area (Å²) in [5.41, 5.74) is 1.79. The van der Waals surface area contributed by atoms with E-state index in [9.17, 15) is 13.2 Å². The van der Waals surface area contributed by atoms with E-state index in [-0.39, 0.29) is 36.6 Å². The number of alkyl halides is 3. The van der Waals surface area contributed by atoms with Crippen LogP contribution in [0, 0.1) is 0 Å². The maximum atomic E-state index is 12.5. The molecule has 0 amide bonds. The normalized spacial score (nSPS) is 15.4. The molecule has 0 bridgehead atoms. The Balaban J connectivity index is 0.00000225. The van der Waals surface area contributed by atoms with Gasteiger partial charge in [-0.05, 0) is 29.8 Å². The molecule has 1 atom stereocenters. The highest BCUT2D eigenvalue weighted by Crippen LogP contribution is 2.37. The van der Waals surface area contributed by atoms with Gasteiger partial charge in [0.15, 0.2) is 0 Å². The predicted molar refractivity (Wildman–Crippen MR) is 113 cm³/mol. The smallest absolute Gasteiger partial charge is 0.497 e. The summed E-state index contributed by atoms with van der Waals surface area (Å²) >= 11 is 0. The second kappa shape index (κ2) is 11.5. The number of rotatable bonds is 6. The van der Waals surface area contributed by atoms with Crippen molar-refractivity contribution < 1.29 is 27.4 Å². The highest BCUT2D eigenvalue weighted by Gasteiger charge is 2.31. The van der Waals surface area contributed by atoms with Crippen LogP contribution in [0.2, 0.25) is 0 Å². The number of hydrogen-bond donors (Lipinski definition) is 1. The number of nitrogens with one attached hydrogen (secondary N) is 1. The first-order valence-electron chi connectivity index (χ1n) is 8.93. The first kappa shape index (κ1) is 26.2. The Morgan fingerprint density at radius 1 is 0.900 bits per heavy atom. The zero-order valence-electron chi connectivity index (χ0n) is 16.6. The van der Waals surface area contributed by atoms with Gasteiger partial charge in [-0.25, -0.2) is 0 Å². The van der Waals surface area contributed by atoms with Crippen molar-refractivity contribution in [1.82, 2.24) is 10.2 Å². The van der Waals surface area contributed by atoms with Crippen molar-refractivity contribution in [2.75, 3.05) is 40.4 Å². The van der Waals surface area contributed by atoms with E-state index in [4.69, 9.17) is 9.47 Å². The number of piperazine rings is 1. The molecule has 2 aromatic rings. The standard InChI is InChI=1S/C20H23F3N2O3.2ClH/c1-26-16-7-8-17(18(13-16)27-2)19(25-11-9-24-10-12-25)14-3-5-15(6-4-14)28-20(21,22)23;;/h3-8,13,19,24H,9-12H2,1-2H3;2*1H/t19-;;/m0../s1. The highest BCUT2D eigenvalue weighted by atomic mass is 35.5. The minimum absolute atomic E-state index is 0. The van der Waals surface area contributed by atoms with Crippen molar-refractivity contribution in [2.45, 2.75) is 12.4 Å². The summed E-state index contributed by atoms with van der Waals surface area (Å²) < 4.78 is 52.2. The second-order valence-electron chi connectivity index (χ2n) is 6.41. The van der Waals surface area contributed by atoms with Gasteiger partial charge in [-0.15, -0.1) is 38.0 Å². The Bertz CT molecular complexity index is 786. The lowest BCUT2D eigenvalue weighted by Crippen LogP contribution is -2.45. The third-order valence-electron chi connectivity index (χ3n) is 4.68. The van der Waals surface area contributed by atoms with E-state index in [0.29, 0.717) is 11.5 Å². The lowest BCUT2D eigenvalue weighted by molar-refractivity contribution is -0.274. The molecule has 10 heteroatoms. The number of ether oxygens (including phenoxy) is 3. The van der Waals surface area contributed by atoms with Crippen LogP contribution in [0.5, 0.6) is 17.2 Å². The van der Waals surface area contributed by atoms with E-state index in [1.165, 1.54) is 12.1 Å². The number of benzene rings is 2. The number of methoxy groups -OCH3 is 2. The molecule has 0 saturated carbocycles. The van der Waals surface area contributed by atoms with Gasteiger partial charge in [-0.3, -0.25) is 4.90 Å². The van der Waals surface area contributed by atoms with Crippen molar-refractivity contribution in [2.24, 2.45) is 0 Å². The molecule has 0 spiro atoms. The monoisotopic (exact) mass is 468 g/mol. The zero-order valence-corrected chi connectivity index (χ0v) is 18.2. The van der Waals surface area contributed by atoms with Crippen LogP contribution >= 0.6 is 24.8 Å². The van der Waals surface area contributed by atoms with Gasteiger partial charge >= 0.3 is 6.36 Å². The van der Waals surface area contributed by atoms with Gasteiger partial charge in [-0.1, -0.05) is 12.1 Å². The summed E-state index contributed by atoms with van der Waals surface area (Å²) in [6.45, 7) is 3.29. The molecular formula is C20H25Cl2F3N2O3. The summed E-state index contributed by atoms with van der Waals surface area (Å²) in [6.07, 6.45) is -4.71. The van der Waals surface area contributed by atoms with Crippen LogP contribution in [-0.4, -0.2) is 51.7 Å². The van der Waals surface area contributed by atoms with Crippen LogP contribution in [0.3, 0.4) is 0 Å². The van der Waals surface area contributed by atoms with Gasteiger partial charge in [0.1, 0.15) is 17.2 Å². The molecular weight excluding hydrogens is 444 g/mol. The Hall–Kier alpha value is -1.87. The first-order chi connectivity index (χ1) is 13.4. The van der Waals surface area contributed by atoms with Gasteiger partial charge in [0.2, 0.25) is 0 Å². The Morgan fingerprint density at radius 3 is 2.03 bits per heavy atom. The fourth-order valence-corrected chi connectivity index (χ4v) is 3.42. The van der Waals surface area contributed by atoms with Crippen molar-refractivity contribution in [3.63, 3.8) is 0 Å². The van der Waals surface area contributed by atoms with Crippen LogP contribution < -0.4 is 19.5 Å². The molecule has 1 heterocycles. The molecule has 168 valence electrons. The zero-order chi connectivity index (χ0) is 20.1. The van der Waals surface area contributed by atoms with E-state index in [0.717, 1.165) is 37.3 Å². The van der Waals surface area contributed by atoms with E-state index >= 15 is 0 Å². The van der Waals surface area contributed by atoms with Crippen LogP contribution in [0.1, 0.15) is 17.2 Å². The van der Waals surface area contributed by atoms with E-state index < -0.39 is 6.36 Å². The molecule has 0 radical (unpaired) electrons. The quantitative estimate of drug-likeness (QED) is 0.678. The molecule has 0 aliphatic carbocycles. The van der Waals surface area contributed by atoms with Crippen molar-refractivity contribution >= 4 is 24.8 Å². The molecule has 0 aromatic heterocycles. The molecule has 1 aliphatic rings. The summed E-state index contributed by atoms with van der Waals surface area (Å²) in [6, 6.07) is 11.4. The summed E-state index contributed by atoms with van der Waals surface area (Å²) in [4.78, 5) is 2.28. The van der Waals surface area contributed by atoms with Gasteiger partial charge in [0, 0.05) is 37.8 Å². The molecule has 0 unspecified atom stereocenters. The average Bonchev–Trinajstić information content (AvgIpc) is 2.69. The number of nitrogens with zero attached hydrogens (tertiary/aromatic N) is 1. The molecule has 2 aromatic carbocycles. The maximum absolute atomic E-state index is 12.5. The lowest BCUT2D eigenvalue weighted by Gasteiger charge is -2.36. The van der Waals surface area contributed by atoms with E-state index in [1.807, 2.05) is 18.2 Å². The molecule has 1 saturated heterocycles. The number of hydrogen-bond acceptors (Lipinski definition) is 5. The molecule has 3 rings (SSSR count). The van der Waals surface area contributed by atoms with Crippen LogP contribution in [0.25, 0.3) is 0 Å². The van der Waals surface area contributed by atoms with Crippen LogP contribution in [0.4, 0.5) is 13.2 Å². The predicted octanol–water partition coefficient (Wildman–Crippen LogP) is 4.44. The van der Waals surface area contributed by atoms with E-state index in [1.54, 1.807) is 26.4 Å². The minimum Gasteiger partial charge on any atom is -0.497 e. The summed E-state index contributed by atoms with van der Waals surface area (Å²) in [5, 5.41) is 3.32. The second-order valence-corrected chi connectivity index (χ2v) is 6.41. The Kier molecular flexibility index (Phi) is 10.0.